The molecule has 0 saturated carbocycles. The third-order valence-electron chi connectivity index (χ3n) is 8.39. The van der Waals surface area contributed by atoms with Crippen molar-refractivity contribution in [3.63, 3.8) is 0 Å². The highest BCUT2D eigenvalue weighted by atomic mass is 16.5. The molecular weight excluding hydrogens is 657 g/mol. The SMILES string of the molecule is c1ccc(Oc2ccccc2-c2c(Oc3ccccc3)cccc2Oc2cccc(Oc3ccccc3)c2-c2ccccc2Oc2ccccc2)cc1. The summed E-state index contributed by atoms with van der Waals surface area (Å²) in [5, 5.41) is 0. The van der Waals surface area contributed by atoms with Gasteiger partial charge in [-0.1, -0.05) is 121 Å². The summed E-state index contributed by atoms with van der Waals surface area (Å²) in [6.45, 7) is 0. The first-order chi connectivity index (χ1) is 26.3. The van der Waals surface area contributed by atoms with Crippen LogP contribution in [0.3, 0.4) is 0 Å². The van der Waals surface area contributed by atoms with Crippen molar-refractivity contribution in [2.45, 2.75) is 0 Å². The van der Waals surface area contributed by atoms with E-state index in [1.54, 1.807) is 0 Å². The fraction of sp³-hybridized carbons (Fsp3) is 0. The van der Waals surface area contributed by atoms with Crippen molar-refractivity contribution in [2.24, 2.45) is 0 Å². The molecule has 0 aromatic heterocycles. The molecule has 0 aliphatic carbocycles. The Morgan fingerprint density at radius 2 is 0.434 bits per heavy atom. The lowest BCUT2D eigenvalue weighted by molar-refractivity contribution is 0.452. The van der Waals surface area contributed by atoms with Crippen molar-refractivity contribution >= 4 is 0 Å². The van der Waals surface area contributed by atoms with Crippen molar-refractivity contribution in [3.8, 4) is 79.7 Å². The lowest BCUT2D eigenvalue weighted by atomic mass is 10.0. The Labute approximate surface area is 308 Å². The molecule has 8 rings (SSSR count). The third-order valence-corrected chi connectivity index (χ3v) is 8.39. The van der Waals surface area contributed by atoms with Gasteiger partial charge in [-0.2, -0.15) is 0 Å². The maximum Gasteiger partial charge on any atom is 0.139 e. The van der Waals surface area contributed by atoms with Gasteiger partial charge in [-0.15, -0.1) is 0 Å². The topological polar surface area (TPSA) is 46.2 Å². The summed E-state index contributed by atoms with van der Waals surface area (Å²) in [5.41, 5.74) is 3.03. The van der Waals surface area contributed by atoms with E-state index in [4.69, 9.17) is 23.7 Å². The van der Waals surface area contributed by atoms with E-state index in [0.717, 1.165) is 22.3 Å². The van der Waals surface area contributed by atoms with Crippen molar-refractivity contribution in [1.29, 1.82) is 0 Å². The van der Waals surface area contributed by atoms with Crippen LogP contribution in [0.15, 0.2) is 206 Å². The normalized spacial score (nSPS) is 10.6. The van der Waals surface area contributed by atoms with Gasteiger partial charge < -0.3 is 23.7 Å². The number of ether oxygens (including phenoxy) is 5. The number of hydrogen-bond donors (Lipinski definition) is 0. The molecule has 0 aliphatic rings. The molecule has 0 spiro atoms. The van der Waals surface area contributed by atoms with E-state index in [1.165, 1.54) is 0 Å². The molecule has 0 fully saturated rings. The maximum atomic E-state index is 7.05. The largest absolute Gasteiger partial charge is 0.457 e. The maximum absolute atomic E-state index is 7.05. The molecule has 0 heterocycles. The summed E-state index contributed by atoms with van der Waals surface area (Å²) in [5.74, 6) is 6.43. The third kappa shape index (κ3) is 7.75. The van der Waals surface area contributed by atoms with Gasteiger partial charge in [-0.3, -0.25) is 0 Å². The minimum absolute atomic E-state index is 0.558. The molecule has 0 bridgehead atoms. The summed E-state index contributed by atoms with van der Waals surface area (Å²) in [6, 6.07) is 66.2. The van der Waals surface area contributed by atoms with Crippen LogP contribution in [-0.2, 0) is 0 Å². The molecule has 256 valence electrons. The minimum Gasteiger partial charge on any atom is -0.457 e. The Hall–Kier alpha value is -7.24. The van der Waals surface area contributed by atoms with Crippen LogP contribution in [-0.4, -0.2) is 0 Å². The first kappa shape index (κ1) is 32.9. The number of rotatable bonds is 12. The molecule has 0 unspecified atom stereocenters. The smallest absolute Gasteiger partial charge is 0.139 e. The van der Waals surface area contributed by atoms with E-state index in [2.05, 4.69) is 0 Å². The van der Waals surface area contributed by atoms with Crippen LogP contribution in [0.4, 0.5) is 0 Å². The van der Waals surface area contributed by atoms with Gasteiger partial charge >= 0.3 is 0 Å². The van der Waals surface area contributed by atoms with Crippen molar-refractivity contribution < 1.29 is 23.7 Å². The molecule has 53 heavy (non-hydrogen) atoms. The Bertz CT molecular complexity index is 2240. The fourth-order valence-electron chi connectivity index (χ4n) is 6.00. The van der Waals surface area contributed by atoms with E-state index >= 15 is 0 Å². The number of para-hydroxylation sites is 6. The van der Waals surface area contributed by atoms with Crippen LogP contribution in [0.5, 0.6) is 57.5 Å². The van der Waals surface area contributed by atoms with Crippen LogP contribution >= 0.6 is 0 Å². The second-order valence-corrected chi connectivity index (χ2v) is 12.0. The van der Waals surface area contributed by atoms with Crippen LogP contribution in [0.25, 0.3) is 22.3 Å². The van der Waals surface area contributed by atoms with Crippen molar-refractivity contribution in [1.82, 2.24) is 0 Å². The molecule has 8 aromatic rings. The number of benzene rings is 8. The quantitative estimate of drug-likeness (QED) is 0.128. The van der Waals surface area contributed by atoms with Gasteiger partial charge in [-0.05, 0) is 84.9 Å². The molecule has 5 heteroatoms. The van der Waals surface area contributed by atoms with Crippen LogP contribution < -0.4 is 23.7 Å². The van der Waals surface area contributed by atoms with E-state index < -0.39 is 0 Å². The standard InChI is InChI=1S/C48H34O5/c1-5-19-35(20-6-1)49-41-29-15-13-27-39(41)47-43(51-37-23-9-3-10-24-37)31-17-33-45(47)53-46-34-18-32-44(52-38-25-11-4-12-26-38)48(46)40-28-14-16-30-42(40)50-36-21-7-2-8-22-36/h1-34H. The highest BCUT2D eigenvalue weighted by molar-refractivity contribution is 5.85. The van der Waals surface area contributed by atoms with Gasteiger partial charge in [0.25, 0.3) is 0 Å². The Balaban J connectivity index is 1.29. The average molecular weight is 691 g/mol. The van der Waals surface area contributed by atoms with Crippen molar-refractivity contribution in [2.75, 3.05) is 0 Å². The molecule has 5 nitrogen and oxygen atoms in total. The predicted molar refractivity (Wildman–Crippen MR) is 210 cm³/mol. The van der Waals surface area contributed by atoms with Gasteiger partial charge in [0.15, 0.2) is 0 Å². The molecule has 8 aromatic carbocycles. The predicted octanol–water partition coefficient (Wildman–Crippen LogP) is 14.0. The molecule has 0 saturated heterocycles. The minimum atomic E-state index is 0.558. The Morgan fingerprint density at radius 1 is 0.189 bits per heavy atom. The first-order valence-electron chi connectivity index (χ1n) is 17.3. The zero-order chi connectivity index (χ0) is 35.7. The van der Waals surface area contributed by atoms with Crippen molar-refractivity contribution in [3.05, 3.63) is 206 Å². The van der Waals surface area contributed by atoms with E-state index in [0.29, 0.717) is 57.5 Å². The van der Waals surface area contributed by atoms with E-state index in [1.807, 2.05) is 206 Å². The molecular formula is C48H34O5. The van der Waals surface area contributed by atoms with Gasteiger partial charge in [0, 0.05) is 11.1 Å². The van der Waals surface area contributed by atoms with Crippen LogP contribution in [0, 0.1) is 0 Å². The van der Waals surface area contributed by atoms with E-state index in [-0.39, 0.29) is 0 Å². The van der Waals surface area contributed by atoms with Gasteiger partial charge in [0.05, 0.1) is 11.1 Å². The van der Waals surface area contributed by atoms with Gasteiger partial charge in [0.1, 0.15) is 57.5 Å². The second-order valence-electron chi connectivity index (χ2n) is 12.0. The first-order valence-corrected chi connectivity index (χ1v) is 17.3. The summed E-state index contributed by atoms with van der Waals surface area (Å²) in [7, 11) is 0. The zero-order valence-electron chi connectivity index (χ0n) is 28.7. The summed E-state index contributed by atoms with van der Waals surface area (Å²) < 4.78 is 33.1. The monoisotopic (exact) mass is 690 g/mol. The molecule has 0 radical (unpaired) electrons. The Morgan fingerprint density at radius 3 is 0.774 bits per heavy atom. The average Bonchev–Trinajstić information content (AvgIpc) is 3.21. The highest BCUT2D eigenvalue weighted by Gasteiger charge is 2.23. The second kappa shape index (κ2) is 15.8. The lowest BCUT2D eigenvalue weighted by Crippen LogP contribution is -1.98. The Kier molecular flexibility index (Phi) is 9.79. The molecule has 0 N–H and O–H groups in total. The molecule has 0 atom stereocenters. The fourth-order valence-corrected chi connectivity index (χ4v) is 6.00. The van der Waals surface area contributed by atoms with Gasteiger partial charge in [0.2, 0.25) is 0 Å². The molecule has 0 amide bonds. The number of hydrogen-bond acceptors (Lipinski definition) is 5. The summed E-state index contributed by atoms with van der Waals surface area (Å²) >= 11 is 0. The van der Waals surface area contributed by atoms with Gasteiger partial charge in [-0.25, -0.2) is 0 Å². The highest BCUT2D eigenvalue weighted by Crippen LogP contribution is 2.50. The molecule has 0 aliphatic heterocycles. The van der Waals surface area contributed by atoms with Crippen LogP contribution in [0.2, 0.25) is 0 Å². The van der Waals surface area contributed by atoms with E-state index in [9.17, 15) is 0 Å². The lowest BCUT2D eigenvalue weighted by Gasteiger charge is -2.21. The van der Waals surface area contributed by atoms with Crippen LogP contribution in [0.1, 0.15) is 0 Å². The summed E-state index contributed by atoms with van der Waals surface area (Å²) in [4.78, 5) is 0. The zero-order valence-corrected chi connectivity index (χ0v) is 28.7. The summed E-state index contributed by atoms with van der Waals surface area (Å²) in [6.07, 6.45) is 0.